The highest BCUT2D eigenvalue weighted by Crippen LogP contribution is 2.24. The van der Waals surface area contributed by atoms with E-state index in [4.69, 9.17) is 6.42 Å². The molecule has 4 heteroatoms. The molecule has 0 aliphatic heterocycles. The van der Waals surface area contributed by atoms with E-state index in [-0.39, 0.29) is 11.8 Å². The van der Waals surface area contributed by atoms with Crippen molar-refractivity contribution < 1.29 is 4.79 Å². The first kappa shape index (κ1) is 14.9. The second kappa shape index (κ2) is 5.84. The molecule has 0 saturated heterocycles. The predicted molar refractivity (Wildman–Crippen MR) is 84.1 cm³/mol. The number of benzene rings is 1. The maximum atomic E-state index is 12.4. The van der Waals surface area contributed by atoms with Crippen LogP contribution in [0.5, 0.6) is 0 Å². The van der Waals surface area contributed by atoms with Crippen molar-refractivity contribution in [2.24, 2.45) is 7.05 Å². The van der Waals surface area contributed by atoms with Crippen LogP contribution >= 0.6 is 0 Å². The number of rotatable bonds is 3. The minimum atomic E-state index is -0.270. The number of carbonyl (C=O) groups excluding carboxylic acids is 1. The summed E-state index contributed by atoms with van der Waals surface area (Å²) in [5, 5.41) is 7.27. The van der Waals surface area contributed by atoms with Crippen molar-refractivity contribution in [3.05, 3.63) is 46.8 Å². The first-order chi connectivity index (χ1) is 9.93. The molecule has 0 radical (unpaired) electrons. The summed E-state index contributed by atoms with van der Waals surface area (Å²) in [5.74, 6) is 2.22. The molecule has 1 atom stereocenters. The highest BCUT2D eigenvalue weighted by Gasteiger charge is 2.22. The molecule has 1 N–H and O–H groups in total. The number of anilines is 1. The Morgan fingerprint density at radius 3 is 2.71 bits per heavy atom. The largest absolute Gasteiger partial charge is 0.326 e. The molecule has 0 saturated carbocycles. The molecule has 21 heavy (non-hydrogen) atoms. The first-order valence-electron chi connectivity index (χ1n) is 6.81. The van der Waals surface area contributed by atoms with E-state index in [1.54, 1.807) is 10.7 Å². The number of aromatic nitrogens is 2. The summed E-state index contributed by atoms with van der Waals surface area (Å²) in [6, 6.07) is 7.27. The van der Waals surface area contributed by atoms with Gasteiger partial charge >= 0.3 is 0 Å². The Morgan fingerprint density at radius 1 is 1.43 bits per heavy atom. The number of carbonyl (C=O) groups is 1. The number of nitrogens with one attached hydrogen (secondary N) is 1. The number of nitrogens with zero attached hydrogens (tertiary/aromatic N) is 2. The molecular weight excluding hydrogens is 262 g/mol. The highest BCUT2D eigenvalue weighted by molar-refractivity contribution is 5.96. The second-order valence-corrected chi connectivity index (χ2v) is 5.14. The third-order valence-electron chi connectivity index (χ3n) is 3.69. The van der Waals surface area contributed by atoms with Crippen LogP contribution in [-0.2, 0) is 11.8 Å². The van der Waals surface area contributed by atoms with Gasteiger partial charge in [0.05, 0.1) is 11.6 Å². The molecule has 0 aliphatic carbocycles. The average molecular weight is 281 g/mol. The van der Waals surface area contributed by atoms with Gasteiger partial charge in [0.1, 0.15) is 0 Å². The van der Waals surface area contributed by atoms with Gasteiger partial charge in [-0.05, 0) is 39.0 Å². The van der Waals surface area contributed by atoms with E-state index in [9.17, 15) is 4.79 Å². The van der Waals surface area contributed by atoms with E-state index in [0.29, 0.717) is 5.69 Å². The Morgan fingerprint density at radius 2 is 2.14 bits per heavy atom. The lowest BCUT2D eigenvalue weighted by Crippen LogP contribution is -2.20. The Balaban J connectivity index is 2.22. The Hall–Kier alpha value is -2.54. The van der Waals surface area contributed by atoms with Crippen molar-refractivity contribution in [2.75, 3.05) is 5.32 Å². The molecule has 1 unspecified atom stereocenters. The molecule has 4 nitrogen and oxygen atoms in total. The van der Waals surface area contributed by atoms with Crippen LogP contribution in [0.2, 0.25) is 0 Å². The summed E-state index contributed by atoms with van der Waals surface area (Å²) < 4.78 is 1.80. The van der Waals surface area contributed by atoms with Gasteiger partial charge in [-0.1, -0.05) is 12.0 Å². The number of hydrogen-bond acceptors (Lipinski definition) is 2. The first-order valence-corrected chi connectivity index (χ1v) is 6.81. The van der Waals surface area contributed by atoms with E-state index < -0.39 is 0 Å². The van der Waals surface area contributed by atoms with Crippen LogP contribution < -0.4 is 5.32 Å². The average Bonchev–Trinajstić information content (AvgIpc) is 2.71. The van der Waals surface area contributed by atoms with Crippen molar-refractivity contribution in [1.82, 2.24) is 9.78 Å². The zero-order chi connectivity index (χ0) is 15.6. The SMILES string of the molecule is C#Cc1cccc(NC(=O)C(C)c2c(C)nn(C)c2C)c1. The molecule has 108 valence electrons. The lowest BCUT2D eigenvalue weighted by atomic mass is 9.98. The van der Waals surface area contributed by atoms with Gasteiger partial charge in [0.15, 0.2) is 0 Å². The third-order valence-corrected chi connectivity index (χ3v) is 3.69. The van der Waals surface area contributed by atoms with Crippen LogP contribution in [0, 0.1) is 26.2 Å². The van der Waals surface area contributed by atoms with Crippen LogP contribution in [0.25, 0.3) is 0 Å². The van der Waals surface area contributed by atoms with Crippen LogP contribution in [0.15, 0.2) is 24.3 Å². The summed E-state index contributed by atoms with van der Waals surface area (Å²) in [5.41, 5.74) is 4.32. The van der Waals surface area contributed by atoms with Crippen molar-refractivity contribution in [1.29, 1.82) is 0 Å². The number of amides is 1. The van der Waals surface area contributed by atoms with Gasteiger partial charge in [-0.25, -0.2) is 0 Å². The zero-order valence-electron chi connectivity index (χ0n) is 12.8. The van der Waals surface area contributed by atoms with E-state index in [1.165, 1.54) is 0 Å². The summed E-state index contributed by atoms with van der Waals surface area (Å²) in [6.45, 7) is 5.78. The Labute approximate surface area is 125 Å². The molecule has 2 aromatic rings. The molecule has 1 heterocycles. The summed E-state index contributed by atoms with van der Waals surface area (Å²) in [7, 11) is 1.88. The van der Waals surface area contributed by atoms with E-state index in [2.05, 4.69) is 16.3 Å². The monoisotopic (exact) mass is 281 g/mol. The minimum Gasteiger partial charge on any atom is -0.326 e. The van der Waals surface area contributed by atoms with E-state index >= 15 is 0 Å². The van der Waals surface area contributed by atoms with Gasteiger partial charge in [-0.15, -0.1) is 6.42 Å². The fourth-order valence-corrected chi connectivity index (χ4v) is 2.48. The lowest BCUT2D eigenvalue weighted by Gasteiger charge is -2.13. The fraction of sp³-hybridized carbons (Fsp3) is 0.294. The summed E-state index contributed by atoms with van der Waals surface area (Å²) >= 11 is 0. The van der Waals surface area contributed by atoms with Gasteiger partial charge < -0.3 is 5.32 Å². The quantitative estimate of drug-likeness (QED) is 0.879. The summed E-state index contributed by atoms with van der Waals surface area (Å²) in [6.07, 6.45) is 5.37. The van der Waals surface area contributed by atoms with Crippen molar-refractivity contribution in [3.8, 4) is 12.3 Å². The zero-order valence-corrected chi connectivity index (χ0v) is 12.8. The predicted octanol–water partition coefficient (Wildman–Crippen LogP) is 2.76. The molecule has 0 bridgehead atoms. The maximum absolute atomic E-state index is 12.4. The second-order valence-electron chi connectivity index (χ2n) is 5.14. The van der Waals surface area contributed by atoms with Gasteiger partial charge in [-0.3, -0.25) is 9.48 Å². The Bertz CT molecular complexity index is 722. The molecule has 0 fully saturated rings. The molecule has 0 aliphatic rings. The van der Waals surface area contributed by atoms with Gasteiger partial charge in [0, 0.05) is 29.6 Å². The van der Waals surface area contributed by atoms with Crippen molar-refractivity contribution >= 4 is 11.6 Å². The molecule has 1 amide bonds. The van der Waals surface area contributed by atoms with Crippen LogP contribution in [-0.4, -0.2) is 15.7 Å². The fourth-order valence-electron chi connectivity index (χ4n) is 2.48. The number of terminal acetylenes is 1. The van der Waals surface area contributed by atoms with Gasteiger partial charge in [0.25, 0.3) is 0 Å². The van der Waals surface area contributed by atoms with Crippen molar-refractivity contribution in [2.45, 2.75) is 26.7 Å². The van der Waals surface area contributed by atoms with Crippen LogP contribution in [0.1, 0.15) is 35.4 Å². The number of aryl methyl sites for hydroxylation is 2. The summed E-state index contributed by atoms with van der Waals surface area (Å²) in [4.78, 5) is 12.4. The van der Waals surface area contributed by atoms with Crippen LogP contribution in [0.3, 0.4) is 0 Å². The van der Waals surface area contributed by atoms with Gasteiger partial charge in [0.2, 0.25) is 5.91 Å². The molecule has 1 aromatic carbocycles. The topological polar surface area (TPSA) is 46.9 Å². The standard InChI is InChI=1S/C17H19N3O/c1-6-14-8-7-9-15(10-14)18-17(21)11(2)16-12(3)19-20(5)13(16)4/h1,7-11H,2-5H3,(H,18,21). The minimum absolute atomic E-state index is 0.0663. The molecule has 1 aromatic heterocycles. The number of hydrogen-bond donors (Lipinski definition) is 1. The van der Waals surface area contributed by atoms with Crippen LogP contribution in [0.4, 0.5) is 5.69 Å². The molecule has 2 rings (SSSR count). The highest BCUT2D eigenvalue weighted by atomic mass is 16.1. The normalized spacial score (nSPS) is 11.8. The maximum Gasteiger partial charge on any atom is 0.231 e. The van der Waals surface area contributed by atoms with Crippen molar-refractivity contribution in [3.63, 3.8) is 0 Å². The van der Waals surface area contributed by atoms with E-state index in [0.717, 1.165) is 22.5 Å². The smallest absolute Gasteiger partial charge is 0.231 e. The Kier molecular flexibility index (Phi) is 4.13. The lowest BCUT2D eigenvalue weighted by molar-refractivity contribution is -0.117. The van der Waals surface area contributed by atoms with E-state index in [1.807, 2.05) is 46.0 Å². The third kappa shape index (κ3) is 2.97. The molecular formula is C17H19N3O. The molecule has 0 spiro atoms. The van der Waals surface area contributed by atoms with Gasteiger partial charge in [-0.2, -0.15) is 5.10 Å².